The largest absolute Gasteiger partial charge is 0.493 e. The maximum Gasteiger partial charge on any atom is 0.307 e. The normalized spacial score (nSPS) is 11.7. The molecule has 0 saturated carbocycles. The van der Waals surface area contributed by atoms with E-state index in [0.717, 1.165) is 0 Å². The minimum absolute atomic E-state index is 0.127. The van der Waals surface area contributed by atoms with Gasteiger partial charge in [0.2, 0.25) is 0 Å². The molecule has 0 amide bonds. The van der Waals surface area contributed by atoms with Gasteiger partial charge in [0, 0.05) is 0 Å². The molecule has 0 heterocycles. The fourth-order valence-electron chi connectivity index (χ4n) is 1.75. The zero-order valence-electron chi connectivity index (χ0n) is 10.8. The average Bonchev–Trinajstić information content (AvgIpc) is 2.37. The smallest absolute Gasteiger partial charge is 0.307 e. The molecule has 0 unspecified atom stereocenters. The third-order valence-corrected chi connectivity index (χ3v) is 2.70. The fourth-order valence-corrected chi connectivity index (χ4v) is 1.75. The Balaban J connectivity index is 2.90. The lowest BCUT2D eigenvalue weighted by molar-refractivity contribution is -0.148. The Morgan fingerprint density at radius 3 is 2.26 bits per heavy atom. The van der Waals surface area contributed by atoms with E-state index in [1.807, 2.05) is 0 Å². The molecule has 1 atom stereocenters. The summed E-state index contributed by atoms with van der Waals surface area (Å²) in [5.41, 5.74) is 0.686. The summed E-state index contributed by atoms with van der Waals surface area (Å²) in [6.07, 6.45) is -0.286. The van der Waals surface area contributed by atoms with Crippen molar-refractivity contribution in [1.29, 1.82) is 0 Å². The SMILES string of the molecule is COc1ccc(C[C@H](CC(=O)O)C(=O)O)cc1OC. The zero-order valence-corrected chi connectivity index (χ0v) is 10.8. The third kappa shape index (κ3) is 4.17. The van der Waals surface area contributed by atoms with E-state index in [1.54, 1.807) is 18.2 Å². The minimum Gasteiger partial charge on any atom is -0.493 e. The van der Waals surface area contributed by atoms with Crippen LogP contribution in [0, 0.1) is 5.92 Å². The quantitative estimate of drug-likeness (QED) is 0.776. The molecule has 6 heteroatoms. The van der Waals surface area contributed by atoms with Crippen molar-refractivity contribution in [3.05, 3.63) is 23.8 Å². The van der Waals surface area contributed by atoms with E-state index in [9.17, 15) is 9.59 Å². The van der Waals surface area contributed by atoms with Gasteiger partial charge in [-0.25, -0.2) is 0 Å². The number of carbonyl (C=O) groups is 2. The van der Waals surface area contributed by atoms with Crippen molar-refractivity contribution in [1.82, 2.24) is 0 Å². The highest BCUT2D eigenvalue weighted by Gasteiger charge is 2.22. The highest BCUT2D eigenvalue weighted by Crippen LogP contribution is 2.28. The maximum atomic E-state index is 11.0. The molecule has 0 aliphatic heterocycles. The van der Waals surface area contributed by atoms with Gasteiger partial charge in [-0.3, -0.25) is 9.59 Å². The molecule has 0 aromatic heterocycles. The summed E-state index contributed by atoms with van der Waals surface area (Å²) < 4.78 is 10.2. The Bertz CT molecular complexity index is 468. The molecule has 0 radical (unpaired) electrons. The Hall–Kier alpha value is -2.24. The highest BCUT2D eigenvalue weighted by molar-refractivity contribution is 5.78. The number of benzene rings is 1. The fraction of sp³-hybridized carbons (Fsp3) is 0.385. The average molecular weight is 268 g/mol. The van der Waals surface area contributed by atoms with Crippen molar-refractivity contribution in [3.8, 4) is 11.5 Å². The van der Waals surface area contributed by atoms with E-state index >= 15 is 0 Å². The van der Waals surface area contributed by atoms with Crippen LogP contribution < -0.4 is 9.47 Å². The molecule has 19 heavy (non-hydrogen) atoms. The van der Waals surface area contributed by atoms with Crippen LogP contribution in [0.15, 0.2) is 18.2 Å². The molecular weight excluding hydrogens is 252 g/mol. The monoisotopic (exact) mass is 268 g/mol. The van der Waals surface area contributed by atoms with Crippen molar-refractivity contribution in [2.45, 2.75) is 12.8 Å². The predicted octanol–water partition coefficient (Wildman–Crippen LogP) is 1.42. The third-order valence-electron chi connectivity index (χ3n) is 2.70. The van der Waals surface area contributed by atoms with Gasteiger partial charge in [-0.05, 0) is 24.1 Å². The van der Waals surface area contributed by atoms with Crippen LogP contribution in [0.4, 0.5) is 0 Å². The first-order valence-electron chi connectivity index (χ1n) is 5.63. The number of methoxy groups -OCH3 is 2. The van der Waals surface area contributed by atoms with Gasteiger partial charge >= 0.3 is 11.9 Å². The van der Waals surface area contributed by atoms with Crippen molar-refractivity contribution >= 4 is 11.9 Å². The van der Waals surface area contributed by atoms with Crippen LogP contribution >= 0.6 is 0 Å². The topological polar surface area (TPSA) is 93.1 Å². The Morgan fingerprint density at radius 2 is 1.79 bits per heavy atom. The van der Waals surface area contributed by atoms with Crippen LogP contribution in [0.2, 0.25) is 0 Å². The van der Waals surface area contributed by atoms with Crippen LogP contribution in [0.5, 0.6) is 11.5 Å². The summed E-state index contributed by atoms with van der Waals surface area (Å²) >= 11 is 0. The van der Waals surface area contributed by atoms with Gasteiger partial charge in [0.1, 0.15) is 0 Å². The summed E-state index contributed by atoms with van der Waals surface area (Å²) in [5.74, 6) is -2.20. The molecule has 2 N–H and O–H groups in total. The second-order valence-corrected chi connectivity index (χ2v) is 4.03. The molecule has 1 aromatic carbocycles. The van der Waals surface area contributed by atoms with Crippen LogP contribution in [0.25, 0.3) is 0 Å². The second kappa shape index (κ2) is 6.63. The van der Waals surface area contributed by atoms with Gasteiger partial charge in [0.15, 0.2) is 11.5 Å². The van der Waals surface area contributed by atoms with Crippen LogP contribution in [-0.4, -0.2) is 36.4 Å². The molecule has 1 rings (SSSR count). The van der Waals surface area contributed by atoms with Gasteiger partial charge < -0.3 is 19.7 Å². The van der Waals surface area contributed by atoms with E-state index in [0.29, 0.717) is 17.1 Å². The molecular formula is C13H16O6. The molecule has 0 fully saturated rings. The van der Waals surface area contributed by atoms with Gasteiger partial charge in [-0.2, -0.15) is 0 Å². The van der Waals surface area contributed by atoms with E-state index in [4.69, 9.17) is 19.7 Å². The lowest BCUT2D eigenvalue weighted by Crippen LogP contribution is -2.20. The Morgan fingerprint density at radius 1 is 1.16 bits per heavy atom. The number of hydrogen-bond donors (Lipinski definition) is 2. The number of ether oxygens (including phenoxy) is 2. The van der Waals surface area contributed by atoms with Crippen molar-refractivity contribution in [2.24, 2.45) is 5.92 Å². The molecule has 104 valence electrons. The van der Waals surface area contributed by atoms with Crippen LogP contribution in [0.3, 0.4) is 0 Å². The molecule has 0 saturated heterocycles. The molecule has 0 aliphatic rings. The Labute approximate surface area is 110 Å². The van der Waals surface area contributed by atoms with Crippen LogP contribution in [0.1, 0.15) is 12.0 Å². The Kier molecular flexibility index (Phi) is 5.17. The summed E-state index contributed by atoms with van der Waals surface area (Å²) in [6, 6.07) is 5.00. The van der Waals surface area contributed by atoms with E-state index in [2.05, 4.69) is 0 Å². The summed E-state index contributed by atoms with van der Waals surface area (Å²) in [4.78, 5) is 21.6. The van der Waals surface area contributed by atoms with E-state index in [-0.39, 0.29) is 6.42 Å². The summed E-state index contributed by atoms with van der Waals surface area (Å²) in [7, 11) is 2.98. The van der Waals surface area contributed by atoms with E-state index < -0.39 is 24.3 Å². The van der Waals surface area contributed by atoms with Gasteiger partial charge in [-0.15, -0.1) is 0 Å². The predicted molar refractivity (Wildman–Crippen MR) is 66.6 cm³/mol. The molecule has 0 spiro atoms. The second-order valence-electron chi connectivity index (χ2n) is 4.03. The number of carboxylic acids is 2. The van der Waals surface area contributed by atoms with Crippen molar-refractivity contribution in [2.75, 3.05) is 14.2 Å². The minimum atomic E-state index is -1.13. The lowest BCUT2D eigenvalue weighted by atomic mass is 9.96. The first-order valence-corrected chi connectivity index (χ1v) is 5.63. The molecule has 1 aromatic rings. The zero-order chi connectivity index (χ0) is 14.4. The summed E-state index contributed by atoms with van der Waals surface area (Å²) in [6.45, 7) is 0. The first-order chi connectivity index (χ1) is 8.97. The lowest BCUT2D eigenvalue weighted by Gasteiger charge is -2.12. The van der Waals surface area contributed by atoms with Crippen molar-refractivity contribution in [3.63, 3.8) is 0 Å². The number of aliphatic carboxylic acids is 2. The van der Waals surface area contributed by atoms with Gasteiger partial charge in [0.05, 0.1) is 26.6 Å². The van der Waals surface area contributed by atoms with Crippen molar-refractivity contribution < 1.29 is 29.3 Å². The van der Waals surface area contributed by atoms with Gasteiger partial charge in [0.25, 0.3) is 0 Å². The molecule has 0 aliphatic carbocycles. The molecule has 0 bridgehead atoms. The highest BCUT2D eigenvalue weighted by atomic mass is 16.5. The summed E-state index contributed by atoms with van der Waals surface area (Å²) in [5, 5.41) is 17.7. The first kappa shape index (κ1) is 14.8. The number of carboxylic acid groups (broad SMARTS) is 2. The van der Waals surface area contributed by atoms with Crippen LogP contribution in [-0.2, 0) is 16.0 Å². The number of rotatable bonds is 7. The maximum absolute atomic E-state index is 11.0. The molecule has 6 nitrogen and oxygen atoms in total. The van der Waals surface area contributed by atoms with Gasteiger partial charge in [-0.1, -0.05) is 6.07 Å². The van der Waals surface area contributed by atoms with E-state index in [1.165, 1.54) is 14.2 Å². The number of hydrogen-bond acceptors (Lipinski definition) is 4. The standard InChI is InChI=1S/C13H16O6/c1-18-10-4-3-8(6-11(10)19-2)5-9(13(16)17)7-12(14)15/h3-4,6,9H,5,7H2,1-2H3,(H,14,15)(H,16,17)/t9-/m1/s1.